The van der Waals surface area contributed by atoms with Crippen LogP contribution in [0.5, 0.6) is 0 Å². The first-order valence-corrected chi connectivity index (χ1v) is 10.4. The molecule has 0 saturated carbocycles. The largest absolute Gasteiger partial charge is 0.353 e. The molecule has 5 nitrogen and oxygen atoms in total. The smallest absolute Gasteiger partial charge is 0.230 e. The van der Waals surface area contributed by atoms with Crippen molar-refractivity contribution in [2.75, 3.05) is 25.4 Å². The first kappa shape index (κ1) is 19.0. The van der Waals surface area contributed by atoms with Gasteiger partial charge in [0.2, 0.25) is 5.91 Å². The molecule has 2 aromatic rings. The highest BCUT2D eigenvalue weighted by molar-refractivity contribution is 7.99. The maximum Gasteiger partial charge on any atom is 0.230 e. The highest BCUT2D eigenvalue weighted by atomic mass is 32.2. The van der Waals surface area contributed by atoms with E-state index in [9.17, 15) is 4.79 Å². The summed E-state index contributed by atoms with van der Waals surface area (Å²) in [5.41, 5.74) is 2.30. The Balaban J connectivity index is 1.50. The molecule has 0 unspecified atom stereocenters. The van der Waals surface area contributed by atoms with Crippen LogP contribution in [-0.4, -0.2) is 51.8 Å². The van der Waals surface area contributed by atoms with Crippen molar-refractivity contribution in [1.29, 1.82) is 0 Å². The molecule has 1 amide bonds. The summed E-state index contributed by atoms with van der Waals surface area (Å²) in [6.45, 7) is 7.64. The minimum Gasteiger partial charge on any atom is -0.353 e. The Morgan fingerprint density at radius 2 is 2.08 bits per heavy atom. The summed E-state index contributed by atoms with van der Waals surface area (Å²) in [5.74, 6) is 0.501. The van der Waals surface area contributed by atoms with E-state index >= 15 is 0 Å². The number of benzene rings is 1. The fourth-order valence-electron chi connectivity index (χ4n) is 3.43. The Bertz CT molecular complexity index is 722. The van der Waals surface area contributed by atoms with E-state index in [4.69, 9.17) is 0 Å². The molecule has 1 aliphatic rings. The van der Waals surface area contributed by atoms with Crippen molar-refractivity contribution in [2.45, 2.75) is 44.3 Å². The van der Waals surface area contributed by atoms with Crippen molar-refractivity contribution in [3.63, 3.8) is 0 Å². The molecule has 1 aromatic heterocycles. The lowest BCUT2D eigenvalue weighted by Crippen LogP contribution is -2.45. The van der Waals surface area contributed by atoms with Crippen LogP contribution in [-0.2, 0) is 4.79 Å². The topological polar surface area (TPSA) is 50.2 Å². The van der Waals surface area contributed by atoms with Crippen LogP contribution in [0.25, 0.3) is 5.69 Å². The lowest BCUT2D eigenvalue weighted by Gasteiger charge is -2.32. The average Bonchev–Trinajstić information content (AvgIpc) is 3.11. The maximum absolute atomic E-state index is 12.3. The third-order valence-corrected chi connectivity index (χ3v) is 5.77. The lowest BCUT2D eigenvalue weighted by atomic mass is 10.1. The van der Waals surface area contributed by atoms with Gasteiger partial charge in [0.15, 0.2) is 5.16 Å². The van der Waals surface area contributed by atoms with Gasteiger partial charge < -0.3 is 10.2 Å². The second kappa shape index (κ2) is 9.24. The summed E-state index contributed by atoms with van der Waals surface area (Å²) < 4.78 is 2.05. The molecule has 0 aliphatic carbocycles. The van der Waals surface area contributed by atoms with Gasteiger partial charge in [0.1, 0.15) is 0 Å². The minimum atomic E-state index is 0.100. The first-order valence-electron chi connectivity index (χ1n) is 9.41. The number of imidazole rings is 1. The fourth-order valence-corrected chi connectivity index (χ4v) is 4.21. The van der Waals surface area contributed by atoms with Gasteiger partial charge in [0.25, 0.3) is 0 Å². The third kappa shape index (κ3) is 4.89. The fraction of sp³-hybridized carbons (Fsp3) is 0.500. The van der Waals surface area contributed by atoms with Gasteiger partial charge in [-0.1, -0.05) is 36.9 Å². The number of nitrogens with zero attached hydrogens (tertiary/aromatic N) is 3. The monoisotopic (exact) mass is 372 g/mol. The van der Waals surface area contributed by atoms with Crippen molar-refractivity contribution in [1.82, 2.24) is 19.8 Å². The molecule has 1 aliphatic heterocycles. The van der Waals surface area contributed by atoms with Gasteiger partial charge in [-0.3, -0.25) is 9.36 Å². The van der Waals surface area contributed by atoms with Gasteiger partial charge in [0, 0.05) is 31.5 Å². The highest BCUT2D eigenvalue weighted by Gasteiger charge is 2.20. The molecule has 1 saturated heterocycles. The van der Waals surface area contributed by atoms with Gasteiger partial charge in [0.05, 0.1) is 11.4 Å². The Kier molecular flexibility index (Phi) is 6.74. The van der Waals surface area contributed by atoms with E-state index in [0.29, 0.717) is 11.8 Å². The molecule has 0 radical (unpaired) electrons. The molecule has 0 spiro atoms. The van der Waals surface area contributed by atoms with Crippen molar-refractivity contribution >= 4 is 17.7 Å². The normalized spacial score (nSPS) is 15.9. The third-order valence-electron chi connectivity index (χ3n) is 4.81. The van der Waals surface area contributed by atoms with Crippen molar-refractivity contribution < 1.29 is 4.79 Å². The molecular weight excluding hydrogens is 344 g/mol. The van der Waals surface area contributed by atoms with Crippen LogP contribution in [0.1, 0.15) is 31.7 Å². The summed E-state index contributed by atoms with van der Waals surface area (Å²) >= 11 is 1.49. The van der Waals surface area contributed by atoms with Crippen molar-refractivity contribution in [2.24, 2.45) is 0 Å². The van der Waals surface area contributed by atoms with Crippen molar-refractivity contribution in [3.8, 4) is 5.69 Å². The first-order chi connectivity index (χ1) is 12.7. The molecule has 140 valence electrons. The van der Waals surface area contributed by atoms with E-state index in [2.05, 4.69) is 45.7 Å². The molecule has 6 heteroatoms. The number of aryl methyl sites for hydroxylation is 1. The van der Waals surface area contributed by atoms with Gasteiger partial charge >= 0.3 is 0 Å². The van der Waals surface area contributed by atoms with Crippen LogP contribution in [0, 0.1) is 6.92 Å². The second-order valence-electron chi connectivity index (χ2n) is 6.84. The average molecular weight is 373 g/mol. The van der Waals surface area contributed by atoms with E-state index in [0.717, 1.165) is 43.3 Å². The number of carbonyl (C=O) groups is 1. The number of likely N-dealkylation sites (tertiary alicyclic amines) is 1. The predicted molar refractivity (Wildman–Crippen MR) is 107 cm³/mol. The van der Waals surface area contributed by atoms with Gasteiger partial charge in [-0.25, -0.2) is 4.98 Å². The number of hydrogen-bond acceptors (Lipinski definition) is 4. The number of thioether (sulfide) groups is 1. The molecule has 0 bridgehead atoms. The summed E-state index contributed by atoms with van der Waals surface area (Å²) in [5, 5.41) is 4.05. The van der Waals surface area contributed by atoms with Crippen LogP contribution in [0.15, 0.2) is 41.8 Å². The number of piperidine rings is 1. The number of carbonyl (C=O) groups excluding carboxylic acids is 1. The molecular formula is C20H28N4OS. The van der Waals surface area contributed by atoms with Gasteiger partial charge in [-0.2, -0.15) is 0 Å². The lowest BCUT2D eigenvalue weighted by molar-refractivity contribution is -0.119. The van der Waals surface area contributed by atoms with Crippen LogP contribution in [0.3, 0.4) is 0 Å². The number of rotatable bonds is 7. The maximum atomic E-state index is 12.3. The van der Waals surface area contributed by atoms with Gasteiger partial charge in [-0.15, -0.1) is 0 Å². The molecule has 26 heavy (non-hydrogen) atoms. The zero-order chi connectivity index (χ0) is 18.4. The Labute approximate surface area is 160 Å². The highest BCUT2D eigenvalue weighted by Crippen LogP contribution is 2.22. The zero-order valence-electron chi connectivity index (χ0n) is 15.6. The van der Waals surface area contributed by atoms with Crippen LogP contribution >= 0.6 is 11.8 Å². The second-order valence-corrected chi connectivity index (χ2v) is 7.78. The van der Waals surface area contributed by atoms with E-state index in [-0.39, 0.29) is 5.91 Å². The quantitative estimate of drug-likeness (QED) is 0.758. The van der Waals surface area contributed by atoms with E-state index in [1.54, 1.807) is 6.20 Å². The Hall–Kier alpha value is -1.79. The minimum absolute atomic E-state index is 0.100. The van der Waals surface area contributed by atoms with Gasteiger partial charge in [-0.05, 0) is 44.4 Å². The zero-order valence-corrected chi connectivity index (χ0v) is 16.5. The van der Waals surface area contributed by atoms with E-state index in [1.165, 1.54) is 23.7 Å². The predicted octanol–water partition coefficient (Wildman–Crippen LogP) is 3.26. The van der Waals surface area contributed by atoms with E-state index < -0.39 is 0 Å². The number of hydrogen-bond donors (Lipinski definition) is 1. The Morgan fingerprint density at radius 3 is 2.81 bits per heavy atom. The number of aromatic nitrogens is 2. The molecule has 3 rings (SSSR count). The van der Waals surface area contributed by atoms with Crippen molar-refractivity contribution in [3.05, 3.63) is 42.2 Å². The SMILES string of the molecule is CCCN1CCC(NC(=O)CSc2nccn2-c2ccccc2C)CC1. The van der Waals surface area contributed by atoms with Crippen LogP contribution in [0.4, 0.5) is 0 Å². The Morgan fingerprint density at radius 1 is 1.31 bits per heavy atom. The number of nitrogens with one attached hydrogen (secondary N) is 1. The standard InChI is InChI=1S/C20H28N4OS/c1-3-11-23-12-8-17(9-13-23)22-19(25)15-26-20-21-10-14-24(20)18-7-5-4-6-16(18)2/h4-7,10,14,17H,3,8-9,11-13,15H2,1-2H3,(H,22,25). The molecule has 1 N–H and O–H groups in total. The summed E-state index contributed by atoms with van der Waals surface area (Å²) in [4.78, 5) is 19.3. The molecule has 0 atom stereocenters. The summed E-state index contributed by atoms with van der Waals surface area (Å²) in [7, 11) is 0. The van der Waals surface area contributed by atoms with Crippen LogP contribution in [0.2, 0.25) is 0 Å². The van der Waals surface area contributed by atoms with E-state index in [1.807, 2.05) is 18.3 Å². The van der Waals surface area contributed by atoms with Crippen LogP contribution < -0.4 is 5.32 Å². The number of amides is 1. The molecule has 2 heterocycles. The molecule has 1 aromatic carbocycles. The summed E-state index contributed by atoms with van der Waals surface area (Å²) in [6, 6.07) is 8.52. The molecule has 1 fully saturated rings. The number of para-hydroxylation sites is 1. The summed E-state index contributed by atoms with van der Waals surface area (Å²) in [6.07, 6.45) is 7.03.